The van der Waals surface area contributed by atoms with E-state index in [2.05, 4.69) is 37.5 Å². The number of para-hydroxylation sites is 1. The highest BCUT2D eigenvalue weighted by Crippen LogP contribution is 2.54. The summed E-state index contributed by atoms with van der Waals surface area (Å²) < 4.78 is 6.55. The van der Waals surface area contributed by atoms with Gasteiger partial charge in [0.15, 0.2) is 0 Å². The Kier molecular flexibility index (Phi) is 3.44. The number of ether oxygens (including phenoxy) is 1. The lowest BCUT2D eigenvalue weighted by Gasteiger charge is -2.46. The second-order valence-corrected chi connectivity index (χ2v) is 7.15. The van der Waals surface area contributed by atoms with E-state index in [1.54, 1.807) is 12.1 Å². The average Bonchev–Trinajstić information content (AvgIpc) is 2.81. The van der Waals surface area contributed by atoms with Crippen LogP contribution < -0.4 is 9.64 Å². The Hall–Kier alpha value is -3.08. The molecule has 132 valence electrons. The van der Waals surface area contributed by atoms with Gasteiger partial charge in [0.2, 0.25) is 5.72 Å². The van der Waals surface area contributed by atoms with E-state index in [1.165, 1.54) is 11.6 Å². The smallest absolute Gasteiger partial charge is 0.270 e. The Labute approximate surface area is 152 Å². The van der Waals surface area contributed by atoms with Gasteiger partial charge in [-0.2, -0.15) is 0 Å². The number of hydrogen-bond donors (Lipinski definition) is 0. The highest BCUT2D eigenvalue weighted by atomic mass is 16.6. The first-order valence-electron chi connectivity index (χ1n) is 8.55. The van der Waals surface area contributed by atoms with E-state index in [-0.39, 0.29) is 11.1 Å². The fraction of sp³-hybridized carbons (Fsp3) is 0.238. The number of benzene rings is 2. The van der Waals surface area contributed by atoms with Crippen LogP contribution >= 0.6 is 0 Å². The van der Waals surface area contributed by atoms with Crippen LogP contribution in [0.15, 0.2) is 61.2 Å². The predicted octanol–water partition coefficient (Wildman–Crippen LogP) is 4.68. The molecule has 0 aliphatic carbocycles. The SMILES string of the molecule is C=CCN1c2ccccc2C(C)(C)[C@@]12C=Cc1cc([N+](=O)[O-])ccc1O2. The average molecular weight is 348 g/mol. The van der Waals surface area contributed by atoms with Gasteiger partial charge in [0.25, 0.3) is 5.69 Å². The van der Waals surface area contributed by atoms with Crippen molar-refractivity contribution in [2.75, 3.05) is 11.4 Å². The fourth-order valence-corrected chi connectivity index (χ4v) is 4.07. The van der Waals surface area contributed by atoms with Crippen LogP contribution in [-0.2, 0) is 5.41 Å². The monoisotopic (exact) mass is 348 g/mol. The maximum absolute atomic E-state index is 11.0. The lowest BCUT2D eigenvalue weighted by Crippen LogP contribution is -2.59. The molecule has 0 fully saturated rings. The second kappa shape index (κ2) is 5.46. The van der Waals surface area contributed by atoms with E-state index in [0.29, 0.717) is 12.3 Å². The standard InChI is InChI=1S/C21H20N2O3/c1-4-13-22-18-8-6-5-7-17(18)20(2,3)21(22)12-11-15-14-16(23(24)25)9-10-19(15)26-21/h4-12,14H,1,13H2,2-3H3/t21-/m0/s1. The van der Waals surface area contributed by atoms with Crippen molar-refractivity contribution in [1.29, 1.82) is 0 Å². The number of nitro benzene ring substituents is 1. The van der Waals surface area contributed by atoms with Gasteiger partial charge in [0, 0.05) is 29.9 Å². The molecule has 0 saturated carbocycles. The van der Waals surface area contributed by atoms with Crippen LogP contribution in [-0.4, -0.2) is 17.2 Å². The quantitative estimate of drug-likeness (QED) is 0.459. The zero-order valence-electron chi connectivity index (χ0n) is 14.8. The number of rotatable bonds is 3. The van der Waals surface area contributed by atoms with Crippen molar-refractivity contribution < 1.29 is 9.66 Å². The van der Waals surface area contributed by atoms with E-state index in [9.17, 15) is 10.1 Å². The number of fused-ring (bicyclic) bond motifs is 2. The highest BCUT2D eigenvalue weighted by molar-refractivity contribution is 5.73. The summed E-state index contributed by atoms with van der Waals surface area (Å²) in [4.78, 5) is 12.9. The lowest BCUT2D eigenvalue weighted by atomic mass is 9.76. The van der Waals surface area contributed by atoms with Gasteiger partial charge >= 0.3 is 0 Å². The summed E-state index contributed by atoms with van der Waals surface area (Å²) in [6.07, 6.45) is 5.81. The minimum atomic E-state index is -0.714. The highest BCUT2D eigenvalue weighted by Gasteiger charge is 2.58. The molecule has 26 heavy (non-hydrogen) atoms. The fourth-order valence-electron chi connectivity index (χ4n) is 4.07. The molecule has 5 heteroatoms. The van der Waals surface area contributed by atoms with Crippen LogP contribution in [0.4, 0.5) is 11.4 Å². The maximum Gasteiger partial charge on any atom is 0.270 e. The largest absolute Gasteiger partial charge is 0.463 e. The molecule has 2 aromatic rings. The van der Waals surface area contributed by atoms with Crippen molar-refractivity contribution >= 4 is 17.5 Å². The first-order valence-corrected chi connectivity index (χ1v) is 8.55. The van der Waals surface area contributed by atoms with Crippen LogP contribution in [0, 0.1) is 10.1 Å². The Bertz CT molecular complexity index is 948. The van der Waals surface area contributed by atoms with Crippen LogP contribution in [0.5, 0.6) is 5.75 Å². The van der Waals surface area contributed by atoms with E-state index in [1.807, 2.05) is 30.4 Å². The third-order valence-corrected chi connectivity index (χ3v) is 5.43. The molecule has 5 nitrogen and oxygen atoms in total. The van der Waals surface area contributed by atoms with Crippen molar-refractivity contribution in [3.8, 4) is 5.75 Å². The topological polar surface area (TPSA) is 55.6 Å². The molecule has 0 radical (unpaired) electrons. The molecule has 0 bridgehead atoms. The summed E-state index contributed by atoms with van der Waals surface area (Å²) in [7, 11) is 0. The van der Waals surface area contributed by atoms with Crippen LogP contribution in [0.25, 0.3) is 6.08 Å². The van der Waals surface area contributed by atoms with Gasteiger partial charge in [-0.3, -0.25) is 10.1 Å². The van der Waals surface area contributed by atoms with E-state index in [0.717, 1.165) is 11.3 Å². The van der Waals surface area contributed by atoms with E-state index >= 15 is 0 Å². The molecular formula is C21H20N2O3. The van der Waals surface area contributed by atoms with E-state index < -0.39 is 10.6 Å². The molecule has 2 aliphatic heterocycles. The molecule has 2 heterocycles. The normalized spacial score (nSPS) is 21.8. The molecule has 1 spiro atoms. The van der Waals surface area contributed by atoms with Gasteiger partial charge in [0.05, 0.1) is 10.3 Å². The molecule has 0 saturated heterocycles. The molecule has 0 aromatic heterocycles. The third kappa shape index (κ3) is 2.03. The van der Waals surface area contributed by atoms with Gasteiger partial charge in [-0.15, -0.1) is 6.58 Å². The summed E-state index contributed by atoms with van der Waals surface area (Å²) in [5.74, 6) is 0.646. The third-order valence-electron chi connectivity index (χ3n) is 5.43. The number of anilines is 1. The van der Waals surface area contributed by atoms with Crippen molar-refractivity contribution in [3.63, 3.8) is 0 Å². The van der Waals surface area contributed by atoms with Crippen LogP contribution in [0.3, 0.4) is 0 Å². The molecule has 2 aromatic carbocycles. The summed E-state index contributed by atoms with van der Waals surface area (Å²) in [5.41, 5.74) is 2.07. The Morgan fingerprint density at radius 2 is 2.04 bits per heavy atom. The van der Waals surface area contributed by atoms with Crippen LogP contribution in [0.1, 0.15) is 25.0 Å². The van der Waals surface area contributed by atoms with Crippen molar-refractivity contribution in [2.24, 2.45) is 0 Å². The Morgan fingerprint density at radius 1 is 1.27 bits per heavy atom. The van der Waals surface area contributed by atoms with Crippen molar-refractivity contribution in [2.45, 2.75) is 25.0 Å². The number of non-ortho nitro benzene ring substituents is 1. The van der Waals surface area contributed by atoms with Gasteiger partial charge < -0.3 is 9.64 Å². The molecule has 0 N–H and O–H groups in total. The number of hydrogen-bond acceptors (Lipinski definition) is 4. The predicted molar refractivity (Wildman–Crippen MR) is 103 cm³/mol. The minimum Gasteiger partial charge on any atom is -0.463 e. The molecule has 4 rings (SSSR count). The van der Waals surface area contributed by atoms with Crippen LogP contribution in [0.2, 0.25) is 0 Å². The lowest BCUT2D eigenvalue weighted by molar-refractivity contribution is -0.384. The zero-order chi connectivity index (χ0) is 18.5. The zero-order valence-corrected chi connectivity index (χ0v) is 14.8. The first-order chi connectivity index (χ1) is 12.4. The minimum absolute atomic E-state index is 0.0601. The summed E-state index contributed by atoms with van der Waals surface area (Å²) in [5, 5.41) is 11.0. The summed E-state index contributed by atoms with van der Waals surface area (Å²) in [6, 6.07) is 13.0. The van der Waals surface area contributed by atoms with E-state index in [4.69, 9.17) is 4.74 Å². The molecule has 2 aliphatic rings. The van der Waals surface area contributed by atoms with Crippen molar-refractivity contribution in [1.82, 2.24) is 0 Å². The first kappa shape index (κ1) is 16.4. The molecule has 0 unspecified atom stereocenters. The summed E-state index contributed by atoms with van der Waals surface area (Å²) in [6.45, 7) is 8.86. The van der Waals surface area contributed by atoms with Gasteiger partial charge in [-0.05, 0) is 43.7 Å². The molecule has 0 amide bonds. The molecule has 1 atom stereocenters. The molecular weight excluding hydrogens is 328 g/mol. The van der Waals surface area contributed by atoms with Gasteiger partial charge in [-0.25, -0.2) is 0 Å². The van der Waals surface area contributed by atoms with Gasteiger partial charge in [0.1, 0.15) is 5.75 Å². The Balaban J connectivity index is 1.87. The second-order valence-electron chi connectivity index (χ2n) is 7.15. The Morgan fingerprint density at radius 3 is 2.77 bits per heavy atom. The number of nitrogens with zero attached hydrogens (tertiary/aromatic N) is 2. The van der Waals surface area contributed by atoms with Gasteiger partial charge in [-0.1, -0.05) is 24.3 Å². The summed E-state index contributed by atoms with van der Waals surface area (Å²) >= 11 is 0. The maximum atomic E-state index is 11.0. The number of nitro groups is 1. The van der Waals surface area contributed by atoms with Crippen molar-refractivity contribution in [3.05, 3.63) is 82.4 Å².